The maximum Gasteiger partial charge on any atom is 0.312 e. The number of carbonyl (C=O) groups is 1. The number of hydrogen-bond acceptors (Lipinski definition) is 1. The van der Waals surface area contributed by atoms with Gasteiger partial charge in [0.05, 0.1) is 5.41 Å². The van der Waals surface area contributed by atoms with E-state index in [2.05, 4.69) is 0 Å². The van der Waals surface area contributed by atoms with Gasteiger partial charge in [-0.3, -0.25) is 4.79 Å². The van der Waals surface area contributed by atoms with Crippen LogP contribution < -0.4 is 0 Å². The van der Waals surface area contributed by atoms with E-state index in [4.69, 9.17) is 5.11 Å². The first-order chi connectivity index (χ1) is 4.75. The lowest BCUT2D eigenvalue weighted by Crippen LogP contribution is -2.43. The second-order valence-corrected chi connectivity index (χ2v) is 3.48. The molecule has 0 bridgehead atoms. The van der Waals surface area contributed by atoms with Gasteiger partial charge in [0.2, 0.25) is 0 Å². The van der Waals surface area contributed by atoms with Crippen LogP contribution in [-0.4, -0.2) is 16.7 Å². The number of carboxylic acids is 1. The Hall–Kier alpha value is -0.600. The molecule has 1 atom stereocenters. The van der Waals surface area contributed by atoms with Crippen molar-refractivity contribution in [3.8, 4) is 0 Å². The number of rotatable bonds is 3. The Morgan fingerprint density at radius 3 is 1.91 bits per heavy atom. The maximum atomic E-state index is 13.5. The van der Waals surface area contributed by atoms with E-state index in [0.717, 1.165) is 0 Å². The van der Waals surface area contributed by atoms with Gasteiger partial charge < -0.3 is 5.11 Å². The number of carboxylic acid groups (broad SMARTS) is 1. The van der Waals surface area contributed by atoms with Crippen LogP contribution in [0.15, 0.2) is 0 Å². The highest BCUT2D eigenvalue weighted by molar-refractivity contribution is 5.75. The molecule has 0 heterocycles. The molecule has 11 heavy (non-hydrogen) atoms. The molecular formula is C8H15FO2. The Balaban J connectivity index is 4.67. The van der Waals surface area contributed by atoms with Crippen molar-refractivity contribution in [2.45, 2.75) is 39.8 Å². The fraction of sp³-hybridized carbons (Fsp3) is 0.875. The van der Waals surface area contributed by atoms with Crippen molar-refractivity contribution in [2.75, 3.05) is 0 Å². The van der Waals surface area contributed by atoms with Crippen LogP contribution in [0.5, 0.6) is 0 Å². The first-order valence-electron chi connectivity index (χ1n) is 3.68. The molecule has 3 heteroatoms. The molecule has 0 aliphatic heterocycles. The minimum Gasteiger partial charge on any atom is -0.481 e. The summed E-state index contributed by atoms with van der Waals surface area (Å²) < 4.78 is 13.5. The highest BCUT2D eigenvalue weighted by Gasteiger charge is 2.46. The van der Waals surface area contributed by atoms with Crippen molar-refractivity contribution in [1.82, 2.24) is 0 Å². The molecule has 0 rings (SSSR count). The number of halogens is 1. The Morgan fingerprint density at radius 1 is 1.45 bits per heavy atom. The molecule has 0 amide bonds. The van der Waals surface area contributed by atoms with Crippen molar-refractivity contribution >= 4 is 5.97 Å². The van der Waals surface area contributed by atoms with E-state index in [1.54, 1.807) is 6.92 Å². The van der Waals surface area contributed by atoms with Crippen LogP contribution in [0.2, 0.25) is 0 Å². The van der Waals surface area contributed by atoms with Gasteiger partial charge in [-0.05, 0) is 27.2 Å². The van der Waals surface area contributed by atoms with Crippen molar-refractivity contribution in [1.29, 1.82) is 0 Å². The zero-order valence-electron chi connectivity index (χ0n) is 7.44. The summed E-state index contributed by atoms with van der Waals surface area (Å²) in [5.41, 5.74) is -2.94. The van der Waals surface area contributed by atoms with Crippen molar-refractivity contribution < 1.29 is 14.3 Å². The van der Waals surface area contributed by atoms with Crippen LogP contribution in [0.1, 0.15) is 34.1 Å². The third-order valence-electron chi connectivity index (χ3n) is 2.50. The fourth-order valence-electron chi connectivity index (χ4n) is 0.665. The predicted octanol–water partition coefficient (Wildman–Crippen LogP) is 2.24. The van der Waals surface area contributed by atoms with Crippen molar-refractivity contribution in [3.63, 3.8) is 0 Å². The maximum absolute atomic E-state index is 13.5. The fourth-order valence-corrected chi connectivity index (χ4v) is 0.665. The normalized spacial score (nSPS) is 17.5. The van der Waals surface area contributed by atoms with Gasteiger partial charge in [-0.25, -0.2) is 4.39 Å². The molecule has 0 aromatic rings. The molecule has 0 saturated carbocycles. The van der Waals surface area contributed by atoms with Gasteiger partial charge >= 0.3 is 5.97 Å². The molecular weight excluding hydrogens is 147 g/mol. The van der Waals surface area contributed by atoms with Crippen LogP contribution >= 0.6 is 0 Å². The SMILES string of the molecule is CCC(C)(F)C(C)(C)C(=O)O. The molecule has 0 aromatic carbocycles. The summed E-state index contributed by atoms with van der Waals surface area (Å²) in [5.74, 6) is -1.09. The third-order valence-corrected chi connectivity index (χ3v) is 2.50. The van der Waals surface area contributed by atoms with Crippen LogP contribution in [0.25, 0.3) is 0 Å². The predicted molar refractivity (Wildman–Crippen MR) is 41.2 cm³/mol. The second kappa shape index (κ2) is 2.80. The molecule has 0 radical (unpaired) electrons. The van der Waals surface area contributed by atoms with Crippen molar-refractivity contribution in [3.05, 3.63) is 0 Å². The molecule has 0 aliphatic carbocycles. The van der Waals surface area contributed by atoms with Gasteiger partial charge in [0.1, 0.15) is 5.67 Å². The molecule has 0 fully saturated rings. The van der Waals surface area contributed by atoms with Gasteiger partial charge in [-0.15, -0.1) is 0 Å². The average molecular weight is 162 g/mol. The highest BCUT2D eigenvalue weighted by atomic mass is 19.1. The van der Waals surface area contributed by atoms with E-state index in [-0.39, 0.29) is 6.42 Å². The Bertz CT molecular complexity index is 161. The summed E-state index contributed by atoms with van der Waals surface area (Å²) in [7, 11) is 0. The summed E-state index contributed by atoms with van der Waals surface area (Å²) in [6.07, 6.45) is 0.215. The van der Waals surface area contributed by atoms with E-state index in [9.17, 15) is 9.18 Å². The minimum atomic E-state index is -1.64. The third kappa shape index (κ3) is 1.70. The molecule has 0 spiro atoms. The van der Waals surface area contributed by atoms with Crippen LogP contribution in [0, 0.1) is 5.41 Å². The van der Waals surface area contributed by atoms with Gasteiger partial charge in [0.15, 0.2) is 0 Å². The summed E-state index contributed by atoms with van der Waals surface area (Å²) in [4.78, 5) is 10.6. The summed E-state index contributed by atoms with van der Waals surface area (Å²) in [6, 6.07) is 0. The zero-order chi connectivity index (χ0) is 9.28. The Morgan fingerprint density at radius 2 is 1.82 bits per heavy atom. The standard InChI is InChI=1S/C8H15FO2/c1-5-8(4,9)7(2,3)6(10)11/h5H2,1-4H3,(H,10,11). The van der Waals surface area contributed by atoms with E-state index in [1.807, 2.05) is 0 Å². The van der Waals surface area contributed by atoms with E-state index in [1.165, 1.54) is 20.8 Å². The number of aliphatic carboxylic acids is 1. The number of alkyl halides is 1. The van der Waals surface area contributed by atoms with E-state index in [0.29, 0.717) is 0 Å². The molecule has 1 unspecified atom stereocenters. The lowest BCUT2D eigenvalue weighted by molar-refractivity contribution is -0.156. The van der Waals surface area contributed by atoms with Gasteiger partial charge in [0, 0.05) is 0 Å². The summed E-state index contributed by atoms with van der Waals surface area (Å²) in [5, 5.41) is 8.67. The lowest BCUT2D eigenvalue weighted by Gasteiger charge is -2.32. The molecule has 66 valence electrons. The molecule has 2 nitrogen and oxygen atoms in total. The largest absolute Gasteiger partial charge is 0.481 e. The molecule has 0 aliphatic rings. The summed E-state index contributed by atoms with van der Waals surface area (Å²) >= 11 is 0. The summed E-state index contributed by atoms with van der Waals surface area (Å²) in [6.45, 7) is 5.77. The first-order valence-corrected chi connectivity index (χ1v) is 3.68. The smallest absolute Gasteiger partial charge is 0.312 e. The second-order valence-electron chi connectivity index (χ2n) is 3.48. The molecule has 0 aromatic heterocycles. The minimum absolute atomic E-state index is 0.215. The van der Waals surface area contributed by atoms with Crippen molar-refractivity contribution in [2.24, 2.45) is 5.41 Å². The lowest BCUT2D eigenvalue weighted by atomic mass is 9.76. The Labute approximate surface area is 66.4 Å². The average Bonchev–Trinajstić information content (AvgIpc) is 1.87. The van der Waals surface area contributed by atoms with E-state index >= 15 is 0 Å². The topological polar surface area (TPSA) is 37.3 Å². The number of hydrogen-bond donors (Lipinski definition) is 1. The van der Waals surface area contributed by atoms with Gasteiger partial charge in [-0.2, -0.15) is 0 Å². The molecule has 0 saturated heterocycles. The van der Waals surface area contributed by atoms with Crippen LogP contribution in [0.3, 0.4) is 0 Å². The zero-order valence-corrected chi connectivity index (χ0v) is 7.44. The highest BCUT2D eigenvalue weighted by Crippen LogP contribution is 2.36. The van der Waals surface area contributed by atoms with Gasteiger partial charge in [-0.1, -0.05) is 6.92 Å². The quantitative estimate of drug-likeness (QED) is 0.691. The Kier molecular flexibility index (Phi) is 2.64. The molecule has 1 N–H and O–H groups in total. The van der Waals surface area contributed by atoms with Crippen LogP contribution in [0.4, 0.5) is 4.39 Å². The van der Waals surface area contributed by atoms with Gasteiger partial charge in [0.25, 0.3) is 0 Å². The monoisotopic (exact) mass is 162 g/mol. The van der Waals surface area contributed by atoms with Crippen LogP contribution in [-0.2, 0) is 4.79 Å². The first kappa shape index (κ1) is 10.4. The van der Waals surface area contributed by atoms with E-state index < -0.39 is 17.1 Å².